The van der Waals surface area contributed by atoms with E-state index in [-0.39, 0.29) is 18.2 Å². The maximum absolute atomic E-state index is 12.7. The van der Waals surface area contributed by atoms with Crippen molar-refractivity contribution < 1.29 is 27.1 Å². The van der Waals surface area contributed by atoms with Crippen LogP contribution in [0.15, 0.2) is 47.1 Å². The number of sulfone groups is 1. The van der Waals surface area contributed by atoms with Gasteiger partial charge in [-0.25, -0.2) is 8.42 Å². The van der Waals surface area contributed by atoms with E-state index in [1.165, 1.54) is 6.26 Å². The minimum atomic E-state index is -3.37. The summed E-state index contributed by atoms with van der Waals surface area (Å²) in [5, 5.41) is -0.566. The molecule has 0 aliphatic carbocycles. The Bertz CT molecular complexity index is 845. The smallest absolute Gasteiger partial charge is 0.253 e. The molecule has 0 saturated carbocycles. The summed E-state index contributed by atoms with van der Waals surface area (Å²) in [7, 11) is -1.77. The summed E-state index contributed by atoms with van der Waals surface area (Å²) in [5.41, 5.74) is 0.512. The van der Waals surface area contributed by atoms with Gasteiger partial charge >= 0.3 is 0 Å². The van der Waals surface area contributed by atoms with Crippen LogP contribution in [0.3, 0.4) is 0 Å². The van der Waals surface area contributed by atoms with Gasteiger partial charge in [-0.15, -0.1) is 0 Å². The number of amides is 1. The second-order valence-corrected chi connectivity index (χ2v) is 8.70. The highest BCUT2D eigenvalue weighted by Crippen LogP contribution is 2.23. The van der Waals surface area contributed by atoms with E-state index >= 15 is 0 Å². The van der Waals surface area contributed by atoms with Gasteiger partial charge in [0.1, 0.15) is 23.9 Å². The molecular weight excluding hydrogens is 370 g/mol. The van der Waals surface area contributed by atoms with E-state index in [0.717, 1.165) is 0 Å². The first-order valence-corrected chi connectivity index (χ1v) is 10.5. The van der Waals surface area contributed by atoms with Crippen LogP contribution in [0.2, 0.25) is 0 Å². The predicted molar refractivity (Wildman–Crippen MR) is 99.5 cm³/mol. The molecule has 0 spiro atoms. The topological polar surface area (TPSA) is 86.0 Å². The van der Waals surface area contributed by atoms with E-state index in [0.29, 0.717) is 43.3 Å². The number of hydrogen-bond donors (Lipinski definition) is 0. The highest BCUT2D eigenvalue weighted by atomic mass is 32.2. The molecule has 1 fully saturated rings. The molecule has 0 radical (unpaired) electrons. The molecule has 1 atom stereocenters. The molecule has 2 aromatic rings. The Kier molecular flexibility index (Phi) is 6.18. The molecule has 0 N–H and O–H groups in total. The van der Waals surface area contributed by atoms with Crippen molar-refractivity contribution in [2.75, 3.05) is 33.4 Å². The SMILES string of the molecule is COCCOc1ccc(C(=O)N2CC[C@H](S(=O)(=O)Cc3ccco3)C2)cc1. The lowest BCUT2D eigenvalue weighted by molar-refractivity contribution is 0.0793. The van der Waals surface area contributed by atoms with Crippen molar-refractivity contribution in [3.8, 4) is 5.75 Å². The van der Waals surface area contributed by atoms with E-state index in [2.05, 4.69) is 0 Å². The Morgan fingerprint density at radius 2 is 2.00 bits per heavy atom. The van der Waals surface area contributed by atoms with E-state index in [4.69, 9.17) is 13.9 Å². The zero-order valence-electron chi connectivity index (χ0n) is 15.2. The molecule has 0 bridgehead atoms. The first-order valence-electron chi connectivity index (χ1n) is 8.74. The van der Waals surface area contributed by atoms with Crippen molar-refractivity contribution in [3.05, 3.63) is 54.0 Å². The largest absolute Gasteiger partial charge is 0.491 e. The summed E-state index contributed by atoms with van der Waals surface area (Å²) in [6.45, 7) is 1.55. The third-order valence-electron chi connectivity index (χ3n) is 4.52. The molecule has 146 valence electrons. The molecule has 8 heteroatoms. The third kappa shape index (κ3) is 4.90. The average Bonchev–Trinajstić information content (AvgIpc) is 3.34. The van der Waals surface area contributed by atoms with Crippen LogP contribution in [-0.2, 0) is 20.3 Å². The van der Waals surface area contributed by atoms with Crippen molar-refractivity contribution in [2.45, 2.75) is 17.4 Å². The summed E-state index contributed by atoms with van der Waals surface area (Å²) in [6, 6.07) is 10.1. The van der Waals surface area contributed by atoms with E-state index in [1.54, 1.807) is 48.4 Å². The summed E-state index contributed by atoms with van der Waals surface area (Å²) >= 11 is 0. The lowest BCUT2D eigenvalue weighted by Gasteiger charge is -2.17. The molecule has 1 saturated heterocycles. The van der Waals surface area contributed by atoms with Crippen LogP contribution in [0.5, 0.6) is 5.75 Å². The van der Waals surface area contributed by atoms with E-state index in [1.807, 2.05) is 0 Å². The normalized spacial score (nSPS) is 17.2. The second-order valence-electron chi connectivity index (χ2n) is 6.41. The fraction of sp³-hybridized carbons (Fsp3) is 0.421. The Labute approximate surface area is 158 Å². The zero-order chi connectivity index (χ0) is 19.3. The number of carbonyl (C=O) groups is 1. The number of ether oxygens (including phenoxy) is 2. The maximum Gasteiger partial charge on any atom is 0.253 e. The molecule has 1 aromatic heterocycles. The molecule has 1 aliphatic heterocycles. The summed E-state index contributed by atoms with van der Waals surface area (Å²) in [5.74, 6) is 0.766. The molecule has 1 amide bonds. The number of benzene rings is 1. The molecule has 2 heterocycles. The van der Waals surface area contributed by atoms with Crippen molar-refractivity contribution >= 4 is 15.7 Å². The molecule has 3 rings (SSSR count). The van der Waals surface area contributed by atoms with Gasteiger partial charge in [0.15, 0.2) is 9.84 Å². The summed E-state index contributed by atoms with van der Waals surface area (Å²) in [6.07, 6.45) is 1.89. The lowest BCUT2D eigenvalue weighted by atomic mass is 10.2. The standard InChI is InChI=1S/C19H23NO6S/c1-24-11-12-26-16-6-4-15(5-7-16)19(21)20-9-8-18(13-20)27(22,23)14-17-3-2-10-25-17/h2-7,10,18H,8-9,11-14H2,1H3/t18-/m0/s1. The first-order chi connectivity index (χ1) is 13.0. The van der Waals surface area contributed by atoms with Crippen LogP contribution < -0.4 is 4.74 Å². The highest BCUT2D eigenvalue weighted by molar-refractivity contribution is 7.91. The van der Waals surface area contributed by atoms with Crippen LogP contribution in [0.4, 0.5) is 0 Å². The quantitative estimate of drug-likeness (QED) is 0.639. The minimum absolute atomic E-state index is 0.139. The van der Waals surface area contributed by atoms with Gasteiger partial charge in [0.25, 0.3) is 5.91 Å². The van der Waals surface area contributed by atoms with Gasteiger partial charge in [-0.3, -0.25) is 4.79 Å². The number of furan rings is 1. The molecule has 1 aromatic carbocycles. The fourth-order valence-corrected chi connectivity index (χ4v) is 4.70. The first kappa shape index (κ1) is 19.4. The van der Waals surface area contributed by atoms with Crippen LogP contribution in [0, 0.1) is 0 Å². The Morgan fingerprint density at radius 1 is 1.22 bits per heavy atom. The molecular formula is C19H23NO6S. The van der Waals surface area contributed by atoms with Crippen LogP contribution in [0.25, 0.3) is 0 Å². The van der Waals surface area contributed by atoms with Crippen LogP contribution >= 0.6 is 0 Å². The number of nitrogens with zero attached hydrogens (tertiary/aromatic N) is 1. The monoisotopic (exact) mass is 393 g/mol. The lowest BCUT2D eigenvalue weighted by Crippen LogP contribution is -2.32. The van der Waals surface area contributed by atoms with E-state index in [9.17, 15) is 13.2 Å². The summed E-state index contributed by atoms with van der Waals surface area (Å²) in [4.78, 5) is 14.2. The second kappa shape index (κ2) is 8.58. The number of rotatable bonds is 8. The molecule has 1 aliphatic rings. The van der Waals surface area contributed by atoms with Gasteiger partial charge in [0.05, 0.1) is 18.1 Å². The van der Waals surface area contributed by atoms with Crippen molar-refractivity contribution in [1.82, 2.24) is 4.90 Å². The Morgan fingerprint density at radius 3 is 2.67 bits per heavy atom. The number of methoxy groups -OCH3 is 1. The van der Waals surface area contributed by atoms with Crippen molar-refractivity contribution in [3.63, 3.8) is 0 Å². The number of hydrogen-bond acceptors (Lipinski definition) is 6. The van der Waals surface area contributed by atoms with Gasteiger partial charge in [-0.05, 0) is 42.8 Å². The van der Waals surface area contributed by atoms with Gasteiger partial charge in [-0.2, -0.15) is 0 Å². The van der Waals surface area contributed by atoms with Crippen LogP contribution in [0.1, 0.15) is 22.5 Å². The molecule has 27 heavy (non-hydrogen) atoms. The van der Waals surface area contributed by atoms with Gasteiger partial charge < -0.3 is 18.8 Å². The minimum Gasteiger partial charge on any atom is -0.491 e. The van der Waals surface area contributed by atoms with Gasteiger partial charge in [0.2, 0.25) is 0 Å². The Balaban J connectivity index is 1.58. The van der Waals surface area contributed by atoms with E-state index < -0.39 is 15.1 Å². The average molecular weight is 393 g/mol. The summed E-state index contributed by atoms with van der Waals surface area (Å²) < 4.78 is 40.6. The third-order valence-corrected chi connectivity index (χ3v) is 6.61. The highest BCUT2D eigenvalue weighted by Gasteiger charge is 2.35. The van der Waals surface area contributed by atoms with Crippen LogP contribution in [-0.4, -0.2) is 57.9 Å². The number of likely N-dealkylation sites (tertiary alicyclic amines) is 1. The van der Waals surface area contributed by atoms with Gasteiger partial charge in [-0.1, -0.05) is 0 Å². The van der Waals surface area contributed by atoms with Gasteiger partial charge in [0, 0.05) is 25.8 Å². The number of carbonyl (C=O) groups excluding carboxylic acids is 1. The Hall–Kier alpha value is -2.32. The zero-order valence-corrected chi connectivity index (χ0v) is 16.0. The maximum atomic E-state index is 12.7. The fourth-order valence-electron chi connectivity index (χ4n) is 3.04. The van der Waals surface area contributed by atoms with Crippen molar-refractivity contribution in [1.29, 1.82) is 0 Å². The van der Waals surface area contributed by atoms with Crippen molar-refractivity contribution in [2.24, 2.45) is 0 Å². The molecule has 0 unspecified atom stereocenters. The predicted octanol–water partition coefficient (Wildman–Crippen LogP) is 2.13. The molecule has 7 nitrogen and oxygen atoms in total.